The van der Waals surface area contributed by atoms with Crippen molar-refractivity contribution < 1.29 is 9.90 Å². The maximum Gasteiger partial charge on any atom is 0.311 e. The maximum absolute atomic E-state index is 11.3. The molecule has 4 nitrogen and oxygen atoms in total. The number of aliphatic carboxylic acids is 1. The highest BCUT2D eigenvalue weighted by Gasteiger charge is 2.20. The number of carbonyl (C=O) groups is 1. The molecule has 5 heteroatoms. The summed E-state index contributed by atoms with van der Waals surface area (Å²) >= 11 is 1.46. The number of hydrogen-bond donors (Lipinski definition) is 1. The van der Waals surface area contributed by atoms with Gasteiger partial charge in [0.05, 0.1) is 5.92 Å². The van der Waals surface area contributed by atoms with Crippen molar-refractivity contribution in [1.82, 2.24) is 9.55 Å². The van der Waals surface area contributed by atoms with E-state index >= 15 is 0 Å². The Labute approximate surface area is 110 Å². The first kappa shape index (κ1) is 12.7. The second-order valence-corrected chi connectivity index (χ2v) is 4.92. The summed E-state index contributed by atoms with van der Waals surface area (Å²) < 4.78 is 1.88. The maximum atomic E-state index is 11.3. The number of nitrogens with zero attached hydrogens (tertiary/aromatic N) is 2. The third-order valence-electron chi connectivity index (χ3n) is 2.66. The third kappa shape index (κ3) is 2.92. The molecule has 0 aliphatic carbocycles. The highest BCUT2D eigenvalue weighted by Crippen LogP contribution is 2.25. The van der Waals surface area contributed by atoms with Crippen molar-refractivity contribution >= 4 is 17.7 Å². The summed E-state index contributed by atoms with van der Waals surface area (Å²) in [5, 5.41) is 10.1. The van der Waals surface area contributed by atoms with Gasteiger partial charge in [-0.1, -0.05) is 42.1 Å². The zero-order valence-corrected chi connectivity index (χ0v) is 10.8. The summed E-state index contributed by atoms with van der Waals surface area (Å²) in [6.45, 7) is 0. The molecule has 1 aromatic heterocycles. The topological polar surface area (TPSA) is 55.1 Å². The molecule has 0 saturated carbocycles. The van der Waals surface area contributed by atoms with Crippen molar-refractivity contribution in [3.8, 4) is 0 Å². The van der Waals surface area contributed by atoms with Crippen molar-refractivity contribution in [3.05, 3.63) is 48.3 Å². The van der Waals surface area contributed by atoms with Gasteiger partial charge in [0.25, 0.3) is 0 Å². The normalized spacial score (nSPS) is 12.3. The van der Waals surface area contributed by atoms with Gasteiger partial charge in [-0.3, -0.25) is 4.79 Å². The van der Waals surface area contributed by atoms with Crippen molar-refractivity contribution in [3.63, 3.8) is 0 Å². The van der Waals surface area contributed by atoms with Crippen molar-refractivity contribution in [2.75, 3.05) is 5.75 Å². The van der Waals surface area contributed by atoms with E-state index in [1.165, 1.54) is 11.8 Å². The van der Waals surface area contributed by atoms with Crippen LogP contribution in [-0.2, 0) is 11.8 Å². The van der Waals surface area contributed by atoms with Gasteiger partial charge in [-0.25, -0.2) is 4.98 Å². The van der Waals surface area contributed by atoms with Crippen LogP contribution in [0.15, 0.2) is 47.9 Å². The molecule has 0 fully saturated rings. The van der Waals surface area contributed by atoms with Gasteiger partial charge in [0.1, 0.15) is 0 Å². The van der Waals surface area contributed by atoms with Crippen LogP contribution in [0.1, 0.15) is 11.5 Å². The van der Waals surface area contributed by atoms with Crippen molar-refractivity contribution in [2.45, 2.75) is 11.1 Å². The lowest BCUT2D eigenvalue weighted by molar-refractivity contribution is -0.138. The third-order valence-corrected chi connectivity index (χ3v) is 3.81. The molecular formula is C13H14N2O2S. The highest BCUT2D eigenvalue weighted by molar-refractivity contribution is 7.99. The fourth-order valence-electron chi connectivity index (χ4n) is 1.64. The van der Waals surface area contributed by atoms with E-state index in [0.717, 1.165) is 10.7 Å². The molecule has 1 heterocycles. The number of carboxylic acid groups (broad SMARTS) is 1. The molecule has 0 aliphatic heterocycles. The largest absolute Gasteiger partial charge is 0.481 e. The quantitative estimate of drug-likeness (QED) is 0.841. The zero-order valence-electron chi connectivity index (χ0n) is 9.98. The lowest BCUT2D eigenvalue weighted by Crippen LogP contribution is -2.14. The Morgan fingerprint density at radius 1 is 1.44 bits per heavy atom. The predicted octanol–water partition coefficient (Wildman–Crippen LogP) is 2.38. The zero-order chi connectivity index (χ0) is 13.0. The number of aromatic nitrogens is 2. The number of rotatable bonds is 5. The number of benzene rings is 1. The minimum Gasteiger partial charge on any atom is -0.481 e. The Morgan fingerprint density at radius 2 is 2.17 bits per heavy atom. The van der Waals surface area contributed by atoms with E-state index in [2.05, 4.69) is 4.98 Å². The van der Waals surface area contributed by atoms with Crippen LogP contribution in [0.2, 0.25) is 0 Å². The molecule has 0 saturated heterocycles. The number of thioether (sulfide) groups is 1. The van der Waals surface area contributed by atoms with E-state index in [-0.39, 0.29) is 0 Å². The highest BCUT2D eigenvalue weighted by atomic mass is 32.2. The van der Waals surface area contributed by atoms with E-state index in [9.17, 15) is 9.90 Å². The number of hydrogen-bond acceptors (Lipinski definition) is 3. The van der Waals surface area contributed by atoms with E-state index < -0.39 is 11.9 Å². The molecule has 2 aromatic rings. The molecule has 1 aromatic carbocycles. The average molecular weight is 262 g/mol. The number of imidazole rings is 1. The lowest BCUT2D eigenvalue weighted by atomic mass is 10.0. The molecule has 1 atom stereocenters. The van der Waals surface area contributed by atoms with Crippen molar-refractivity contribution in [2.24, 2.45) is 7.05 Å². The standard InChI is InChI=1S/C13H14N2O2S/c1-15-8-7-14-13(15)18-9-11(12(16)17)10-5-3-2-4-6-10/h2-8,11H,9H2,1H3,(H,16,17). The molecule has 1 unspecified atom stereocenters. The van der Waals surface area contributed by atoms with Gasteiger partial charge in [-0.2, -0.15) is 0 Å². The van der Waals surface area contributed by atoms with Gasteiger partial charge in [-0.15, -0.1) is 0 Å². The van der Waals surface area contributed by atoms with Crippen LogP contribution in [0.3, 0.4) is 0 Å². The van der Waals surface area contributed by atoms with E-state index in [1.807, 2.05) is 48.1 Å². The molecule has 18 heavy (non-hydrogen) atoms. The Bertz CT molecular complexity index is 525. The molecule has 0 bridgehead atoms. The van der Waals surface area contributed by atoms with E-state index in [0.29, 0.717) is 5.75 Å². The first-order chi connectivity index (χ1) is 8.68. The second kappa shape index (κ2) is 5.73. The van der Waals surface area contributed by atoms with Crippen LogP contribution in [0.5, 0.6) is 0 Å². The van der Waals surface area contributed by atoms with Crippen LogP contribution in [-0.4, -0.2) is 26.4 Å². The van der Waals surface area contributed by atoms with E-state index in [1.54, 1.807) is 6.20 Å². The first-order valence-electron chi connectivity index (χ1n) is 5.56. The SMILES string of the molecule is Cn1ccnc1SCC(C(=O)O)c1ccccc1. The lowest BCUT2D eigenvalue weighted by Gasteiger charge is -2.11. The fourth-order valence-corrected chi connectivity index (χ4v) is 2.69. The molecule has 0 spiro atoms. The summed E-state index contributed by atoms with van der Waals surface area (Å²) in [4.78, 5) is 15.5. The Hall–Kier alpha value is -1.75. The summed E-state index contributed by atoms with van der Waals surface area (Å²) in [5.74, 6) is -0.833. The summed E-state index contributed by atoms with van der Waals surface area (Å²) in [5.41, 5.74) is 0.826. The van der Waals surface area contributed by atoms with Gasteiger partial charge in [0, 0.05) is 25.2 Å². The predicted molar refractivity (Wildman–Crippen MR) is 70.8 cm³/mol. The fraction of sp³-hybridized carbons (Fsp3) is 0.231. The van der Waals surface area contributed by atoms with Gasteiger partial charge in [0.15, 0.2) is 5.16 Å². The smallest absolute Gasteiger partial charge is 0.311 e. The Balaban J connectivity index is 2.09. The summed E-state index contributed by atoms with van der Waals surface area (Å²) in [6.07, 6.45) is 3.56. The van der Waals surface area contributed by atoms with Crippen LogP contribution in [0.4, 0.5) is 0 Å². The van der Waals surface area contributed by atoms with Gasteiger partial charge in [0.2, 0.25) is 0 Å². The van der Waals surface area contributed by atoms with Crippen LogP contribution in [0, 0.1) is 0 Å². The molecular weight excluding hydrogens is 248 g/mol. The molecule has 1 N–H and O–H groups in total. The van der Waals surface area contributed by atoms with Crippen LogP contribution >= 0.6 is 11.8 Å². The molecule has 2 rings (SSSR count). The average Bonchev–Trinajstić information content (AvgIpc) is 2.76. The molecule has 0 aliphatic rings. The Morgan fingerprint density at radius 3 is 2.72 bits per heavy atom. The summed E-state index contributed by atoms with van der Waals surface area (Å²) in [7, 11) is 1.90. The second-order valence-electron chi connectivity index (χ2n) is 3.93. The number of aryl methyl sites for hydroxylation is 1. The summed E-state index contributed by atoms with van der Waals surface area (Å²) in [6, 6.07) is 9.29. The Kier molecular flexibility index (Phi) is 4.04. The van der Waals surface area contributed by atoms with Crippen LogP contribution in [0.25, 0.3) is 0 Å². The van der Waals surface area contributed by atoms with E-state index in [4.69, 9.17) is 0 Å². The van der Waals surface area contributed by atoms with Crippen LogP contribution < -0.4 is 0 Å². The van der Waals surface area contributed by atoms with Gasteiger partial charge < -0.3 is 9.67 Å². The minimum atomic E-state index is -0.803. The van der Waals surface area contributed by atoms with Gasteiger partial charge in [-0.05, 0) is 5.56 Å². The van der Waals surface area contributed by atoms with Gasteiger partial charge >= 0.3 is 5.97 Å². The monoisotopic (exact) mass is 262 g/mol. The molecule has 0 radical (unpaired) electrons. The van der Waals surface area contributed by atoms with Crippen molar-refractivity contribution in [1.29, 1.82) is 0 Å². The minimum absolute atomic E-state index is 0.476. The first-order valence-corrected chi connectivity index (χ1v) is 6.55. The molecule has 94 valence electrons. The molecule has 0 amide bonds. The number of carboxylic acids is 1.